The number of hydrogen-bond acceptors (Lipinski definition) is 2. The minimum absolute atomic E-state index is 0.285. The van der Waals surface area contributed by atoms with Crippen LogP contribution in [0.3, 0.4) is 0 Å². The molecule has 2 nitrogen and oxygen atoms in total. The number of benzene rings is 1. The summed E-state index contributed by atoms with van der Waals surface area (Å²) >= 11 is 3.60. The van der Waals surface area contributed by atoms with Gasteiger partial charge in [0.2, 0.25) is 0 Å². The molecular weight excluding hydrogens is 324 g/mol. The van der Waals surface area contributed by atoms with E-state index in [1.54, 1.807) is 0 Å². The summed E-state index contributed by atoms with van der Waals surface area (Å²) in [7, 11) is 0. The van der Waals surface area contributed by atoms with Crippen molar-refractivity contribution in [3.63, 3.8) is 0 Å². The van der Waals surface area contributed by atoms with E-state index < -0.39 is 0 Å². The van der Waals surface area contributed by atoms with E-state index >= 15 is 0 Å². The van der Waals surface area contributed by atoms with Gasteiger partial charge >= 0.3 is 0 Å². The maximum atomic E-state index is 3.66. The zero-order valence-electron chi connectivity index (χ0n) is 12.3. The van der Waals surface area contributed by atoms with Gasteiger partial charge in [-0.05, 0) is 37.4 Å². The van der Waals surface area contributed by atoms with Crippen LogP contribution in [0, 0.1) is 6.92 Å². The summed E-state index contributed by atoms with van der Waals surface area (Å²) in [6, 6.07) is 9.14. The highest BCUT2D eigenvalue weighted by molar-refractivity contribution is 9.11. The van der Waals surface area contributed by atoms with E-state index in [1.165, 1.54) is 26.9 Å². The molecule has 2 aliphatic heterocycles. The molecule has 0 fully saturated rings. The largest absolute Gasteiger partial charge is 0.383 e. The van der Waals surface area contributed by atoms with Crippen LogP contribution < -0.4 is 10.6 Å². The van der Waals surface area contributed by atoms with E-state index in [0.717, 1.165) is 25.9 Å². The number of aryl methyl sites for hydroxylation is 1. The van der Waals surface area contributed by atoms with Crippen molar-refractivity contribution in [3.8, 4) is 0 Å². The lowest BCUT2D eigenvalue weighted by Gasteiger charge is -2.31. The molecule has 1 unspecified atom stereocenters. The van der Waals surface area contributed by atoms with Crippen LogP contribution in [-0.2, 0) is 0 Å². The molecule has 0 radical (unpaired) electrons. The molecule has 110 valence electrons. The van der Waals surface area contributed by atoms with Gasteiger partial charge in [-0.3, -0.25) is 0 Å². The first-order valence-electron chi connectivity index (χ1n) is 7.52. The summed E-state index contributed by atoms with van der Waals surface area (Å²) in [5, 5.41) is 7.28. The predicted molar refractivity (Wildman–Crippen MR) is 92.3 cm³/mol. The molecule has 1 aromatic rings. The Morgan fingerprint density at radius 3 is 2.81 bits per heavy atom. The summed E-state index contributed by atoms with van der Waals surface area (Å²) in [5.41, 5.74) is 5.51. The number of halogens is 1. The molecule has 0 aliphatic carbocycles. The van der Waals surface area contributed by atoms with Gasteiger partial charge in [0.15, 0.2) is 0 Å². The molecule has 2 aliphatic rings. The Hall–Kier alpha value is -1.32. The van der Waals surface area contributed by atoms with E-state index in [1.807, 2.05) is 0 Å². The Bertz CT molecular complexity index is 596. The lowest BCUT2D eigenvalue weighted by Crippen LogP contribution is -2.35. The summed E-state index contributed by atoms with van der Waals surface area (Å²) in [5.74, 6) is 0. The smallest absolute Gasteiger partial charge is 0.0725 e. The highest BCUT2D eigenvalue weighted by Crippen LogP contribution is 2.30. The third-order valence-electron chi connectivity index (χ3n) is 4.09. The summed E-state index contributed by atoms with van der Waals surface area (Å²) in [6.07, 6.45) is 8.67. The highest BCUT2D eigenvalue weighted by atomic mass is 79.9. The Morgan fingerprint density at radius 2 is 2.00 bits per heavy atom. The number of hydrogen-bond donors (Lipinski definition) is 2. The predicted octanol–water partition coefficient (Wildman–Crippen LogP) is 4.11. The van der Waals surface area contributed by atoms with Gasteiger partial charge in [0.05, 0.1) is 6.04 Å². The van der Waals surface area contributed by atoms with Gasteiger partial charge in [-0.25, -0.2) is 0 Å². The first kappa shape index (κ1) is 14.6. The van der Waals surface area contributed by atoms with Crippen LogP contribution in [0.25, 0.3) is 0 Å². The van der Waals surface area contributed by atoms with Crippen LogP contribution in [0.2, 0.25) is 0 Å². The fourth-order valence-corrected chi connectivity index (χ4v) is 3.27. The number of rotatable bonds is 1. The number of allylic oxidation sites excluding steroid dienone is 3. The van der Waals surface area contributed by atoms with Crippen LogP contribution in [0.5, 0.6) is 0 Å². The van der Waals surface area contributed by atoms with Crippen molar-refractivity contribution in [2.24, 2.45) is 0 Å². The van der Waals surface area contributed by atoms with Crippen molar-refractivity contribution >= 4 is 15.9 Å². The highest BCUT2D eigenvalue weighted by Gasteiger charge is 2.23. The molecule has 0 saturated carbocycles. The zero-order chi connectivity index (χ0) is 14.7. The Morgan fingerprint density at radius 1 is 1.19 bits per heavy atom. The standard InChI is InChI=1S/C18H21BrN2/c1-13-4-6-14(7-5-13)17-18-15(10-12-21-17)8-9-16(19)3-2-11-20-18/h2-7,9,17,20-21H,8,10-12H2,1H3/b3-2-,16-9+. The fourth-order valence-electron chi connectivity index (χ4n) is 2.92. The molecule has 0 amide bonds. The average Bonchev–Trinajstić information content (AvgIpc) is 2.59. The van der Waals surface area contributed by atoms with Crippen LogP contribution >= 0.6 is 15.9 Å². The summed E-state index contributed by atoms with van der Waals surface area (Å²) in [4.78, 5) is 0. The van der Waals surface area contributed by atoms with Gasteiger partial charge in [0, 0.05) is 16.7 Å². The second kappa shape index (κ2) is 6.63. The Balaban J connectivity index is 1.94. The van der Waals surface area contributed by atoms with E-state index in [-0.39, 0.29) is 6.04 Å². The molecule has 2 N–H and O–H groups in total. The van der Waals surface area contributed by atoms with Gasteiger partial charge in [0.25, 0.3) is 0 Å². The van der Waals surface area contributed by atoms with E-state index in [9.17, 15) is 0 Å². The van der Waals surface area contributed by atoms with Crippen molar-refractivity contribution in [2.75, 3.05) is 13.1 Å². The van der Waals surface area contributed by atoms with E-state index in [0.29, 0.717) is 0 Å². The van der Waals surface area contributed by atoms with Crippen LogP contribution in [0.1, 0.15) is 30.0 Å². The minimum atomic E-state index is 0.285. The fraction of sp³-hybridized carbons (Fsp3) is 0.333. The molecule has 3 rings (SSSR count). The third-order valence-corrected chi connectivity index (χ3v) is 4.67. The molecule has 1 aromatic carbocycles. The first-order chi connectivity index (χ1) is 10.2. The Labute approximate surface area is 135 Å². The van der Waals surface area contributed by atoms with Gasteiger partial charge < -0.3 is 10.6 Å². The monoisotopic (exact) mass is 344 g/mol. The minimum Gasteiger partial charge on any atom is -0.383 e. The molecular formula is C18H21BrN2. The topological polar surface area (TPSA) is 24.1 Å². The molecule has 0 spiro atoms. The maximum absolute atomic E-state index is 3.66. The van der Waals surface area contributed by atoms with Crippen molar-refractivity contribution in [1.29, 1.82) is 0 Å². The molecule has 2 heterocycles. The summed E-state index contributed by atoms with van der Waals surface area (Å²) < 4.78 is 1.17. The van der Waals surface area contributed by atoms with Crippen molar-refractivity contribution in [1.82, 2.24) is 10.6 Å². The molecule has 0 saturated heterocycles. The van der Waals surface area contributed by atoms with Gasteiger partial charge in [-0.2, -0.15) is 0 Å². The van der Waals surface area contributed by atoms with Crippen molar-refractivity contribution < 1.29 is 0 Å². The second-order valence-electron chi connectivity index (χ2n) is 5.64. The lowest BCUT2D eigenvalue weighted by atomic mass is 9.92. The van der Waals surface area contributed by atoms with Crippen LogP contribution in [-0.4, -0.2) is 13.1 Å². The first-order valence-corrected chi connectivity index (χ1v) is 8.31. The average molecular weight is 345 g/mol. The molecule has 0 bridgehead atoms. The van der Waals surface area contributed by atoms with Crippen molar-refractivity contribution in [2.45, 2.75) is 25.8 Å². The normalized spacial score (nSPS) is 26.6. The van der Waals surface area contributed by atoms with E-state index in [2.05, 4.69) is 76.0 Å². The SMILES string of the molecule is Cc1ccc(C2NCCC3=C2NC/C=C\C(Br)=C/C3)cc1. The Kier molecular flexibility index (Phi) is 4.61. The third kappa shape index (κ3) is 3.47. The van der Waals surface area contributed by atoms with Gasteiger partial charge in [0.1, 0.15) is 0 Å². The second-order valence-corrected chi connectivity index (χ2v) is 6.56. The molecule has 0 aromatic heterocycles. The maximum Gasteiger partial charge on any atom is 0.0725 e. The van der Waals surface area contributed by atoms with Gasteiger partial charge in [-0.1, -0.05) is 64.0 Å². The lowest BCUT2D eigenvalue weighted by molar-refractivity contribution is 0.518. The zero-order valence-corrected chi connectivity index (χ0v) is 13.9. The number of nitrogens with one attached hydrogen (secondary N) is 2. The molecule has 3 heteroatoms. The molecule has 21 heavy (non-hydrogen) atoms. The molecule has 1 atom stereocenters. The van der Waals surface area contributed by atoms with Crippen molar-refractivity contribution in [3.05, 3.63) is 69.4 Å². The van der Waals surface area contributed by atoms with Gasteiger partial charge in [-0.15, -0.1) is 0 Å². The summed E-state index contributed by atoms with van der Waals surface area (Å²) in [6.45, 7) is 4.04. The van der Waals surface area contributed by atoms with Crippen LogP contribution in [0.15, 0.2) is 58.2 Å². The van der Waals surface area contributed by atoms with Crippen LogP contribution in [0.4, 0.5) is 0 Å². The van der Waals surface area contributed by atoms with E-state index in [4.69, 9.17) is 0 Å². The quantitative estimate of drug-likeness (QED) is 0.800.